The van der Waals surface area contributed by atoms with Crippen molar-refractivity contribution in [3.05, 3.63) is 35.6 Å². The second-order valence-corrected chi connectivity index (χ2v) is 3.07. The Morgan fingerprint density at radius 1 is 1.53 bits per heavy atom. The average molecular weight is 213 g/mol. The van der Waals surface area contributed by atoms with E-state index >= 15 is 0 Å². The van der Waals surface area contributed by atoms with Gasteiger partial charge in [0, 0.05) is 6.61 Å². The molecule has 0 aliphatic heterocycles. The first kappa shape index (κ1) is 11.5. The second kappa shape index (κ2) is 5.31. The van der Waals surface area contributed by atoms with Crippen LogP contribution in [0.4, 0.5) is 9.18 Å². The van der Waals surface area contributed by atoms with E-state index < -0.39 is 18.0 Å². The van der Waals surface area contributed by atoms with Crippen molar-refractivity contribution in [3.63, 3.8) is 0 Å². The Kier molecular flexibility index (Phi) is 4.05. The lowest BCUT2D eigenvalue weighted by molar-refractivity contribution is 0.185. The highest BCUT2D eigenvalue weighted by molar-refractivity contribution is 5.65. The van der Waals surface area contributed by atoms with Crippen LogP contribution in [-0.4, -0.2) is 22.9 Å². The molecule has 0 aliphatic carbocycles. The van der Waals surface area contributed by atoms with Crippen LogP contribution in [0.1, 0.15) is 18.0 Å². The van der Waals surface area contributed by atoms with Crippen LogP contribution < -0.4 is 5.32 Å². The summed E-state index contributed by atoms with van der Waals surface area (Å²) >= 11 is 0. The van der Waals surface area contributed by atoms with E-state index in [1.54, 1.807) is 6.07 Å². The molecule has 0 aliphatic rings. The van der Waals surface area contributed by atoms with Crippen LogP contribution >= 0.6 is 0 Å². The fourth-order valence-corrected chi connectivity index (χ4v) is 1.32. The van der Waals surface area contributed by atoms with E-state index in [1.807, 2.05) is 0 Å². The van der Waals surface area contributed by atoms with E-state index in [-0.39, 0.29) is 13.0 Å². The molecule has 1 rings (SSSR count). The van der Waals surface area contributed by atoms with Gasteiger partial charge in [-0.3, -0.25) is 0 Å². The molecule has 0 heterocycles. The Balaban J connectivity index is 2.83. The predicted molar refractivity (Wildman–Crippen MR) is 52.0 cm³/mol. The summed E-state index contributed by atoms with van der Waals surface area (Å²) in [6.07, 6.45) is -0.979. The summed E-state index contributed by atoms with van der Waals surface area (Å²) in [6.45, 7) is -0.165. The van der Waals surface area contributed by atoms with E-state index in [2.05, 4.69) is 5.32 Å². The lowest BCUT2D eigenvalue weighted by atomic mass is 10.0. The Bertz CT molecular complexity index is 343. The molecule has 3 N–H and O–H groups in total. The molecule has 0 aromatic heterocycles. The van der Waals surface area contributed by atoms with E-state index in [0.29, 0.717) is 5.56 Å². The number of aliphatic hydroxyl groups excluding tert-OH is 1. The highest BCUT2D eigenvalue weighted by Gasteiger charge is 2.13. The minimum atomic E-state index is -1.20. The summed E-state index contributed by atoms with van der Waals surface area (Å²) in [4.78, 5) is 10.5. The zero-order valence-electron chi connectivity index (χ0n) is 7.98. The second-order valence-electron chi connectivity index (χ2n) is 3.07. The van der Waals surface area contributed by atoms with Crippen LogP contribution in [0.3, 0.4) is 0 Å². The van der Waals surface area contributed by atoms with Crippen LogP contribution in [0.2, 0.25) is 0 Å². The van der Waals surface area contributed by atoms with Crippen molar-refractivity contribution in [2.75, 3.05) is 6.61 Å². The van der Waals surface area contributed by atoms with Gasteiger partial charge in [0.1, 0.15) is 5.82 Å². The highest BCUT2D eigenvalue weighted by Crippen LogP contribution is 2.17. The molecule has 0 saturated carbocycles. The number of aliphatic hydroxyl groups is 1. The van der Waals surface area contributed by atoms with Crippen molar-refractivity contribution >= 4 is 6.09 Å². The third-order valence-electron chi connectivity index (χ3n) is 1.97. The quantitative estimate of drug-likeness (QED) is 0.710. The van der Waals surface area contributed by atoms with E-state index in [9.17, 15) is 9.18 Å². The zero-order chi connectivity index (χ0) is 11.3. The fourth-order valence-electron chi connectivity index (χ4n) is 1.32. The van der Waals surface area contributed by atoms with Crippen molar-refractivity contribution < 1.29 is 19.4 Å². The van der Waals surface area contributed by atoms with Gasteiger partial charge in [-0.25, -0.2) is 9.18 Å². The largest absolute Gasteiger partial charge is 0.465 e. The van der Waals surface area contributed by atoms with Gasteiger partial charge >= 0.3 is 6.09 Å². The summed E-state index contributed by atoms with van der Waals surface area (Å²) < 4.78 is 12.9. The lowest BCUT2D eigenvalue weighted by Crippen LogP contribution is -2.27. The van der Waals surface area contributed by atoms with Crippen molar-refractivity contribution in [3.8, 4) is 0 Å². The van der Waals surface area contributed by atoms with Crippen molar-refractivity contribution in [2.24, 2.45) is 0 Å². The maximum absolute atomic E-state index is 12.9. The number of carboxylic acid groups (broad SMARTS) is 1. The summed E-state index contributed by atoms with van der Waals surface area (Å²) in [5.41, 5.74) is 0.506. The number of nitrogens with one attached hydrogen (secondary N) is 1. The van der Waals surface area contributed by atoms with Gasteiger partial charge in [0.25, 0.3) is 0 Å². The summed E-state index contributed by atoms with van der Waals surface area (Å²) in [5, 5.41) is 19.5. The molecular formula is C10H12FNO3. The number of carbonyl (C=O) groups is 1. The van der Waals surface area contributed by atoms with Crippen molar-refractivity contribution in [1.29, 1.82) is 0 Å². The number of rotatable bonds is 4. The van der Waals surface area contributed by atoms with Crippen LogP contribution in [0.15, 0.2) is 24.3 Å². The molecule has 1 aromatic rings. The first-order valence-corrected chi connectivity index (χ1v) is 4.49. The average Bonchev–Trinajstić information content (AvgIpc) is 2.16. The molecule has 0 radical (unpaired) electrons. The fraction of sp³-hybridized carbons (Fsp3) is 0.300. The van der Waals surface area contributed by atoms with Gasteiger partial charge < -0.3 is 15.5 Å². The summed E-state index contributed by atoms with van der Waals surface area (Å²) in [5.74, 6) is -0.428. The van der Waals surface area contributed by atoms with Crippen molar-refractivity contribution in [1.82, 2.24) is 5.32 Å². The highest BCUT2D eigenvalue weighted by atomic mass is 19.1. The normalized spacial score (nSPS) is 12.1. The molecule has 0 unspecified atom stereocenters. The summed E-state index contributed by atoms with van der Waals surface area (Å²) in [7, 11) is 0. The molecule has 5 heteroatoms. The van der Waals surface area contributed by atoms with E-state index in [1.165, 1.54) is 18.2 Å². The maximum Gasteiger partial charge on any atom is 0.405 e. The molecule has 82 valence electrons. The molecule has 0 bridgehead atoms. The number of hydrogen-bond acceptors (Lipinski definition) is 2. The molecule has 1 amide bonds. The van der Waals surface area contributed by atoms with E-state index in [4.69, 9.17) is 10.2 Å². The van der Waals surface area contributed by atoms with Gasteiger partial charge in [0.05, 0.1) is 6.04 Å². The Labute approximate surface area is 86.4 Å². The number of benzene rings is 1. The predicted octanol–water partition coefficient (Wildman–Crippen LogP) is 1.52. The Hall–Kier alpha value is -1.62. The maximum atomic E-state index is 12.9. The lowest BCUT2D eigenvalue weighted by Gasteiger charge is -2.15. The molecule has 0 fully saturated rings. The topological polar surface area (TPSA) is 69.6 Å². The van der Waals surface area contributed by atoms with Gasteiger partial charge in [-0.2, -0.15) is 0 Å². The molecule has 1 aromatic carbocycles. The molecule has 0 spiro atoms. The SMILES string of the molecule is O=C(O)N[C@@H](CCO)c1cccc(F)c1. The van der Waals surface area contributed by atoms with Gasteiger partial charge in [-0.05, 0) is 24.1 Å². The summed E-state index contributed by atoms with van der Waals surface area (Å²) in [6, 6.07) is 5.05. The zero-order valence-corrected chi connectivity index (χ0v) is 7.98. The Morgan fingerprint density at radius 3 is 2.80 bits per heavy atom. The van der Waals surface area contributed by atoms with Crippen molar-refractivity contribution in [2.45, 2.75) is 12.5 Å². The number of hydrogen-bond donors (Lipinski definition) is 3. The number of halogens is 1. The first-order valence-electron chi connectivity index (χ1n) is 4.49. The third-order valence-corrected chi connectivity index (χ3v) is 1.97. The molecule has 0 saturated heterocycles. The standard InChI is InChI=1S/C10H12FNO3/c11-8-3-1-2-7(6-8)9(4-5-13)12-10(14)15/h1-3,6,9,12-13H,4-5H2,(H,14,15)/t9-/m0/s1. The van der Waals surface area contributed by atoms with Gasteiger partial charge in [-0.15, -0.1) is 0 Å². The van der Waals surface area contributed by atoms with Crippen LogP contribution in [0.25, 0.3) is 0 Å². The van der Waals surface area contributed by atoms with Gasteiger partial charge in [-0.1, -0.05) is 12.1 Å². The van der Waals surface area contributed by atoms with Gasteiger partial charge in [0.2, 0.25) is 0 Å². The van der Waals surface area contributed by atoms with Crippen LogP contribution in [0.5, 0.6) is 0 Å². The third kappa shape index (κ3) is 3.55. The molecule has 1 atom stereocenters. The first-order chi connectivity index (χ1) is 7.13. The monoisotopic (exact) mass is 213 g/mol. The number of amides is 1. The van der Waals surface area contributed by atoms with Gasteiger partial charge in [0.15, 0.2) is 0 Å². The molecule has 4 nitrogen and oxygen atoms in total. The van der Waals surface area contributed by atoms with Crippen LogP contribution in [0, 0.1) is 5.82 Å². The minimum Gasteiger partial charge on any atom is -0.465 e. The minimum absolute atomic E-state index is 0.165. The van der Waals surface area contributed by atoms with Crippen LogP contribution in [-0.2, 0) is 0 Å². The molecular weight excluding hydrogens is 201 g/mol. The smallest absolute Gasteiger partial charge is 0.405 e. The molecule has 15 heavy (non-hydrogen) atoms. The Morgan fingerprint density at radius 2 is 2.27 bits per heavy atom. The van der Waals surface area contributed by atoms with E-state index in [0.717, 1.165) is 0 Å².